The molecule has 0 spiro atoms. The fourth-order valence-corrected chi connectivity index (χ4v) is 3.99. The van der Waals surface area contributed by atoms with E-state index in [0.29, 0.717) is 36.8 Å². The second-order valence-corrected chi connectivity index (χ2v) is 7.98. The lowest BCUT2D eigenvalue weighted by Crippen LogP contribution is -2.44. The number of nitrogens with zero attached hydrogens (tertiary/aromatic N) is 3. The quantitative estimate of drug-likeness (QED) is 0.542. The van der Waals surface area contributed by atoms with Gasteiger partial charge in [0.2, 0.25) is 11.9 Å². The predicted molar refractivity (Wildman–Crippen MR) is 126 cm³/mol. The third-order valence-corrected chi connectivity index (χ3v) is 5.74. The molecule has 2 aromatic carbocycles. The first kappa shape index (κ1) is 22.5. The summed E-state index contributed by atoms with van der Waals surface area (Å²) in [5.41, 5.74) is 1.42. The minimum Gasteiger partial charge on any atom is -0.495 e. The summed E-state index contributed by atoms with van der Waals surface area (Å²) in [7, 11) is 1.63. The summed E-state index contributed by atoms with van der Waals surface area (Å²) in [6.07, 6.45) is 3.85. The molecule has 1 saturated heterocycles. The first-order valence-corrected chi connectivity index (χ1v) is 11.1. The average Bonchev–Trinajstić information content (AvgIpc) is 2.86. The van der Waals surface area contributed by atoms with E-state index in [1.165, 1.54) is 6.07 Å². The smallest absolute Gasteiger partial charge is 0.227 e. The second kappa shape index (κ2) is 10.8. The fraction of sp³-hybridized carbons (Fsp3) is 0.320. The molecule has 1 aromatic heterocycles. The molecule has 1 atom stereocenters. The van der Waals surface area contributed by atoms with Gasteiger partial charge in [0, 0.05) is 25.8 Å². The van der Waals surface area contributed by atoms with Gasteiger partial charge in [-0.3, -0.25) is 4.79 Å². The summed E-state index contributed by atoms with van der Waals surface area (Å²) in [5, 5.41) is 6.23. The molecule has 172 valence electrons. The van der Waals surface area contributed by atoms with Crippen LogP contribution in [0.1, 0.15) is 18.4 Å². The highest BCUT2D eigenvalue weighted by Crippen LogP contribution is 2.27. The van der Waals surface area contributed by atoms with E-state index in [9.17, 15) is 9.18 Å². The number of nitrogens with one attached hydrogen (secondary N) is 2. The minimum atomic E-state index is -0.241. The maximum atomic E-state index is 13.8. The molecule has 33 heavy (non-hydrogen) atoms. The Labute approximate surface area is 193 Å². The molecule has 3 aromatic rings. The van der Waals surface area contributed by atoms with Crippen molar-refractivity contribution in [1.29, 1.82) is 0 Å². The van der Waals surface area contributed by atoms with Crippen LogP contribution in [0, 0.1) is 11.7 Å². The Morgan fingerprint density at radius 1 is 1.18 bits per heavy atom. The number of hydrogen-bond acceptors (Lipinski definition) is 6. The number of rotatable bonds is 8. The number of carbonyl (C=O) groups is 1. The van der Waals surface area contributed by atoms with E-state index in [2.05, 4.69) is 20.6 Å². The Morgan fingerprint density at radius 3 is 2.85 bits per heavy atom. The van der Waals surface area contributed by atoms with Gasteiger partial charge in [-0.2, -0.15) is 4.98 Å². The number of anilines is 3. The van der Waals surface area contributed by atoms with Crippen molar-refractivity contribution < 1.29 is 13.9 Å². The molecular weight excluding hydrogens is 421 g/mol. The van der Waals surface area contributed by atoms with Crippen LogP contribution in [0.4, 0.5) is 21.8 Å². The van der Waals surface area contributed by atoms with Crippen LogP contribution in [0.15, 0.2) is 60.8 Å². The number of para-hydroxylation sites is 2. The molecule has 1 fully saturated rings. The molecule has 0 radical (unpaired) electrons. The van der Waals surface area contributed by atoms with E-state index in [-0.39, 0.29) is 17.6 Å². The van der Waals surface area contributed by atoms with Crippen LogP contribution >= 0.6 is 0 Å². The largest absolute Gasteiger partial charge is 0.495 e. The van der Waals surface area contributed by atoms with E-state index in [0.717, 1.165) is 30.8 Å². The normalized spacial score (nSPS) is 15.7. The first-order chi connectivity index (χ1) is 16.1. The maximum Gasteiger partial charge on any atom is 0.227 e. The molecule has 4 rings (SSSR count). The molecule has 2 N–H and O–H groups in total. The topological polar surface area (TPSA) is 79.4 Å². The molecule has 0 aliphatic carbocycles. The van der Waals surface area contributed by atoms with Crippen molar-refractivity contribution in [3.63, 3.8) is 0 Å². The lowest BCUT2D eigenvalue weighted by Gasteiger charge is -2.32. The highest BCUT2D eigenvalue weighted by Gasteiger charge is 2.27. The Kier molecular flexibility index (Phi) is 7.34. The zero-order chi connectivity index (χ0) is 23.0. The Hall–Kier alpha value is -3.68. The SMILES string of the molecule is COc1ccccc1Nc1ccnc(N2CCCC(C(=O)NCCc3ccccc3F)C2)n1. The lowest BCUT2D eigenvalue weighted by atomic mass is 9.97. The summed E-state index contributed by atoms with van der Waals surface area (Å²) in [5.74, 6) is 1.55. The van der Waals surface area contributed by atoms with Crippen molar-refractivity contribution in [3.05, 3.63) is 72.2 Å². The fourth-order valence-electron chi connectivity index (χ4n) is 3.99. The van der Waals surface area contributed by atoms with Crippen LogP contribution in [0.2, 0.25) is 0 Å². The number of aromatic nitrogens is 2. The number of hydrogen-bond donors (Lipinski definition) is 2. The zero-order valence-electron chi connectivity index (χ0n) is 18.6. The average molecular weight is 450 g/mol. The molecule has 1 unspecified atom stereocenters. The number of ether oxygens (including phenoxy) is 1. The number of amides is 1. The van der Waals surface area contributed by atoms with Gasteiger partial charge in [0.05, 0.1) is 18.7 Å². The molecular formula is C25H28FN5O2. The summed E-state index contributed by atoms with van der Waals surface area (Å²) in [6, 6.07) is 16.1. The van der Waals surface area contributed by atoms with Crippen LogP contribution in [-0.2, 0) is 11.2 Å². The Bertz CT molecular complexity index is 1090. The highest BCUT2D eigenvalue weighted by molar-refractivity contribution is 5.79. The summed E-state index contributed by atoms with van der Waals surface area (Å²) >= 11 is 0. The lowest BCUT2D eigenvalue weighted by molar-refractivity contribution is -0.125. The van der Waals surface area contributed by atoms with Gasteiger partial charge in [0.1, 0.15) is 17.4 Å². The van der Waals surface area contributed by atoms with Gasteiger partial charge in [-0.15, -0.1) is 0 Å². The molecule has 1 aliphatic heterocycles. The predicted octanol–water partition coefficient (Wildman–Crippen LogP) is 3.94. The first-order valence-electron chi connectivity index (χ1n) is 11.1. The van der Waals surface area contributed by atoms with Crippen molar-refractivity contribution in [2.45, 2.75) is 19.3 Å². The molecule has 7 nitrogen and oxygen atoms in total. The van der Waals surface area contributed by atoms with Gasteiger partial charge < -0.3 is 20.3 Å². The van der Waals surface area contributed by atoms with E-state index in [1.54, 1.807) is 37.6 Å². The van der Waals surface area contributed by atoms with Gasteiger partial charge in [-0.1, -0.05) is 30.3 Å². The Morgan fingerprint density at radius 2 is 2.00 bits per heavy atom. The van der Waals surface area contributed by atoms with E-state index >= 15 is 0 Å². The Balaban J connectivity index is 1.35. The number of methoxy groups -OCH3 is 1. The van der Waals surface area contributed by atoms with Gasteiger partial charge in [-0.05, 0) is 49.1 Å². The van der Waals surface area contributed by atoms with E-state index in [4.69, 9.17) is 4.74 Å². The van der Waals surface area contributed by atoms with Gasteiger partial charge in [-0.25, -0.2) is 9.37 Å². The third kappa shape index (κ3) is 5.77. The van der Waals surface area contributed by atoms with Crippen LogP contribution < -0.4 is 20.3 Å². The van der Waals surface area contributed by atoms with E-state index < -0.39 is 0 Å². The molecule has 8 heteroatoms. The number of halogens is 1. The summed E-state index contributed by atoms with van der Waals surface area (Å²) < 4.78 is 19.2. The van der Waals surface area contributed by atoms with Crippen LogP contribution in [0.25, 0.3) is 0 Å². The van der Waals surface area contributed by atoms with Gasteiger partial charge in [0.15, 0.2) is 0 Å². The van der Waals surface area contributed by atoms with Crippen molar-refractivity contribution in [3.8, 4) is 5.75 Å². The molecule has 1 aliphatic rings. The molecule has 1 amide bonds. The second-order valence-electron chi connectivity index (χ2n) is 7.98. The van der Waals surface area contributed by atoms with Gasteiger partial charge >= 0.3 is 0 Å². The summed E-state index contributed by atoms with van der Waals surface area (Å²) in [6.45, 7) is 1.74. The van der Waals surface area contributed by atoms with Gasteiger partial charge in [0.25, 0.3) is 0 Å². The van der Waals surface area contributed by atoms with Crippen molar-refractivity contribution in [2.75, 3.05) is 37.0 Å². The van der Waals surface area contributed by atoms with Crippen molar-refractivity contribution in [2.24, 2.45) is 5.92 Å². The monoisotopic (exact) mass is 449 g/mol. The van der Waals surface area contributed by atoms with Crippen molar-refractivity contribution >= 4 is 23.4 Å². The third-order valence-electron chi connectivity index (χ3n) is 5.74. The molecule has 2 heterocycles. The number of benzene rings is 2. The maximum absolute atomic E-state index is 13.8. The molecule has 0 bridgehead atoms. The highest BCUT2D eigenvalue weighted by atomic mass is 19.1. The molecule has 0 saturated carbocycles. The van der Waals surface area contributed by atoms with Crippen molar-refractivity contribution in [1.82, 2.24) is 15.3 Å². The summed E-state index contributed by atoms with van der Waals surface area (Å²) in [4.78, 5) is 23.8. The zero-order valence-corrected chi connectivity index (χ0v) is 18.6. The van der Waals surface area contributed by atoms with Crippen LogP contribution in [-0.4, -0.2) is 42.6 Å². The van der Waals surface area contributed by atoms with Crippen LogP contribution in [0.5, 0.6) is 5.75 Å². The van der Waals surface area contributed by atoms with E-state index in [1.807, 2.05) is 29.2 Å². The standard InChI is InChI=1S/C25H28FN5O2/c1-33-22-11-5-4-10-21(22)29-23-13-15-28-25(30-23)31-16-6-8-19(17-31)24(32)27-14-12-18-7-2-3-9-20(18)26/h2-5,7,9-11,13,15,19H,6,8,12,14,16-17H2,1H3,(H,27,32)(H,28,29,30). The number of carbonyl (C=O) groups excluding carboxylic acids is 1. The number of piperidine rings is 1. The van der Waals surface area contributed by atoms with Crippen LogP contribution in [0.3, 0.4) is 0 Å². The minimum absolute atomic E-state index is 0.0145.